The van der Waals surface area contributed by atoms with Crippen molar-refractivity contribution in [3.8, 4) is 0 Å². The van der Waals surface area contributed by atoms with Gasteiger partial charge in [-0.25, -0.2) is 4.39 Å². The average molecular weight is 690 g/mol. The Bertz CT molecular complexity index is 545. The van der Waals surface area contributed by atoms with Crippen LogP contribution in [-0.4, -0.2) is 31.1 Å². The molecule has 0 radical (unpaired) electrons. The Morgan fingerprint density at radius 3 is 0.652 bits per heavy atom. The van der Waals surface area contributed by atoms with Crippen LogP contribution in [0.2, 0.25) is 0 Å². The number of unbranched alkanes of at least 4 members (excludes halogenated alkanes) is 30. The van der Waals surface area contributed by atoms with E-state index in [-0.39, 0.29) is 12.4 Å². The first-order valence-electron chi connectivity index (χ1n) is 19.9. The molecule has 0 bridgehead atoms. The molecule has 1 saturated carbocycles. The maximum absolute atomic E-state index is 11.2. The summed E-state index contributed by atoms with van der Waals surface area (Å²) >= 11 is 0. The maximum atomic E-state index is 11.2. The van der Waals surface area contributed by atoms with Crippen LogP contribution in [0.5, 0.6) is 0 Å². The van der Waals surface area contributed by atoms with Crippen molar-refractivity contribution in [1.29, 1.82) is 0 Å². The van der Waals surface area contributed by atoms with E-state index in [0.29, 0.717) is 0 Å². The fourth-order valence-electron chi connectivity index (χ4n) is 6.03. The van der Waals surface area contributed by atoms with Crippen LogP contribution in [0.1, 0.15) is 219 Å². The van der Waals surface area contributed by atoms with Crippen molar-refractivity contribution < 1.29 is 22.0 Å². The highest BCUT2D eigenvalue weighted by Crippen LogP contribution is 2.59. The zero-order valence-electron chi connectivity index (χ0n) is 30.4. The third kappa shape index (κ3) is 28.9. The fourth-order valence-corrected chi connectivity index (χ4v) is 6.03. The van der Waals surface area contributed by atoms with Crippen molar-refractivity contribution in [2.24, 2.45) is 0 Å². The van der Waals surface area contributed by atoms with Gasteiger partial charge in [0, 0.05) is 0 Å². The normalized spacial score (nSPS) is 14.9. The molecule has 0 atom stereocenters. The van der Waals surface area contributed by atoms with Crippen LogP contribution in [0.25, 0.3) is 0 Å². The summed E-state index contributed by atoms with van der Waals surface area (Å²) in [5.74, 6) is -8.79. The topological polar surface area (TPSA) is 12.0 Å². The molecule has 0 spiro atoms. The minimum absolute atomic E-state index is 0. The molecule has 7 heteroatoms. The first kappa shape index (κ1) is 48.0. The van der Waals surface area contributed by atoms with Crippen LogP contribution in [0.4, 0.5) is 22.0 Å². The van der Waals surface area contributed by atoms with Crippen molar-refractivity contribution in [2.45, 2.75) is 237 Å². The lowest BCUT2D eigenvalue weighted by Crippen LogP contribution is -2.16. The van der Waals surface area contributed by atoms with Crippen LogP contribution in [0, 0.1) is 0 Å². The zero-order valence-corrected chi connectivity index (χ0v) is 31.2. The summed E-state index contributed by atoms with van der Waals surface area (Å²) < 4.78 is 55.9. The predicted octanol–water partition coefficient (Wildman–Crippen LogP) is 15.1. The molecular formula is C39H77ClF5N. The Hall–Kier alpha value is -0.100. The number of hydrogen-bond donors (Lipinski definition) is 1. The van der Waals surface area contributed by atoms with Gasteiger partial charge >= 0.3 is 11.8 Å². The lowest BCUT2D eigenvalue weighted by Gasteiger charge is -2.06. The van der Waals surface area contributed by atoms with E-state index in [1.54, 1.807) is 0 Å². The van der Waals surface area contributed by atoms with Gasteiger partial charge in [-0.1, -0.05) is 206 Å². The van der Waals surface area contributed by atoms with Gasteiger partial charge in [-0.3, -0.25) is 0 Å². The van der Waals surface area contributed by atoms with E-state index in [2.05, 4.69) is 19.2 Å². The summed E-state index contributed by atoms with van der Waals surface area (Å²) in [6, 6.07) is 0. The largest absolute Gasteiger partial charge is 0.350 e. The van der Waals surface area contributed by atoms with Gasteiger partial charge in [0.25, 0.3) is 0 Å². The Kier molecular flexibility index (Phi) is 36.3. The van der Waals surface area contributed by atoms with Gasteiger partial charge in [0.2, 0.25) is 6.17 Å². The minimum atomic E-state index is -4.40. The molecule has 1 aliphatic rings. The fraction of sp³-hybridized carbons (Fsp3) is 1.00. The van der Waals surface area contributed by atoms with Gasteiger partial charge in [-0.15, -0.1) is 12.4 Å². The second-order valence-electron chi connectivity index (χ2n) is 14.0. The molecule has 1 rings (SSSR count). The monoisotopic (exact) mass is 690 g/mol. The summed E-state index contributed by atoms with van der Waals surface area (Å²) in [6.45, 7) is 7.11. The summed E-state index contributed by atoms with van der Waals surface area (Å²) in [5.41, 5.74) is 0. The highest BCUT2D eigenvalue weighted by molar-refractivity contribution is 5.85. The number of alkyl halides is 5. The van der Waals surface area contributed by atoms with Gasteiger partial charge in [0.15, 0.2) is 0 Å². The molecule has 0 saturated heterocycles. The summed E-state index contributed by atoms with van der Waals surface area (Å²) in [4.78, 5) is 0. The van der Waals surface area contributed by atoms with Gasteiger partial charge < -0.3 is 5.32 Å². The van der Waals surface area contributed by atoms with Crippen LogP contribution in [-0.2, 0) is 0 Å². The molecule has 0 aromatic carbocycles. The van der Waals surface area contributed by atoms with Crippen LogP contribution in [0.15, 0.2) is 0 Å². The van der Waals surface area contributed by atoms with E-state index >= 15 is 0 Å². The summed E-state index contributed by atoms with van der Waals surface area (Å²) in [5, 5.41) is 3.68. The molecule has 0 heterocycles. The van der Waals surface area contributed by atoms with E-state index in [9.17, 15) is 22.0 Å². The highest BCUT2D eigenvalue weighted by Gasteiger charge is 2.87. The molecule has 1 aliphatic carbocycles. The van der Waals surface area contributed by atoms with Crippen molar-refractivity contribution in [2.75, 3.05) is 13.1 Å². The maximum Gasteiger partial charge on any atom is 0.350 e. The van der Waals surface area contributed by atoms with Gasteiger partial charge in [-0.05, 0) is 25.9 Å². The number of rotatable bonds is 34. The lowest BCUT2D eigenvalue weighted by molar-refractivity contribution is -0.0278. The van der Waals surface area contributed by atoms with E-state index in [0.717, 1.165) is 0 Å². The smallest absolute Gasteiger partial charge is 0.317 e. The molecule has 0 aromatic rings. The zero-order chi connectivity index (χ0) is 33.3. The molecule has 0 aliphatic heterocycles. The van der Waals surface area contributed by atoms with Gasteiger partial charge in [0.05, 0.1) is 0 Å². The standard InChI is InChI=1S/C36H75N.C3HF5.ClH/c1-3-5-7-9-11-13-15-17-19-21-23-25-27-29-31-33-35-37-36-34-32-30-28-26-24-22-20-18-16-14-12-10-8-6-4-2;4-1-2(5,6)3(1,7)8;/h37H,3-36H2,1-2H3;1H;1H. The Balaban J connectivity index is 0. The van der Waals surface area contributed by atoms with Crippen molar-refractivity contribution in [3.63, 3.8) is 0 Å². The second kappa shape index (κ2) is 34.8. The molecular weight excluding hydrogens is 613 g/mol. The molecule has 0 amide bonds. The third-order valence-corrected chi connectivity index (χ3v) is 9.41. The lowest BCUT2D eigenvalue weighted by atomic mass is 10.0. The van der Waals surface area contributed by atoms with Gasteiger partial charge in [0.1, 0.15) is 0 Å². The van der Waals surface area contributed by atoms with Crippen molar-refractivity contribution in [1.82, 2.24) is 5.32 Å². The first-order chi connectivity index (χ1) is 21.8. The number of nitrogens with one attached hydrogen (secondary N) is 1. The van der Waals surface area contributed by atoms with Crippen molar-refractivity contribution >= 4 is 12.4 Å². The Morgan fingerprint density at radius 1 is 0.348 bits per heavy atom. The van der Waals surface area contributed by atoms with Crippen LogP contribution in [0.3, 0.4) is 0 Å². The molecule has 1 fully saturated rings. The average Bonchev–Trinajstić information content (AvgIpc) is 3.39. The van der Waals surface area contributed by atoms with Crippen LogP contribution >= 0.6 is 12.4 Å². The Morgan fingerprint density at radius 2 is 0.500 bits per heavy atom. The van der Waals surface area contributed by atoms with Crippen molar-refractivity contribution in [3.05, 3.63) is 0 Å². The first-order valence-corrected chi connectivity index (χ1v) is 19.9. The number of hydrogen-bond acceptors (Lipinski definition) is 1. The molecule has 280 valence electrons. The summed E-state index contributed by atoms with van der Waals surface area (Å²) in [6.07, 6.45) is 43.5. The summed E-state index contributed by atoms with van der Waals surface area (Å²) in [7, 11) is 0. The third-order valence-electron chi connectivity index (χ3n) is 9.41. The van der Waals surface area contributed by atoms with E-state index in [1.807, 2.05) is 0 Å². The SMILES string of the molecule is CCCCCCCCCCCCCCCCCCNCCCCCCCCCCCCCCCCCC.Cl.FC1C(F)(F)C1(F)F. The van der Waals surface area contributed by atoms with E-state index in [4.69, 9.17) is 0 Å². The van der Waals surface area contributed by atoms with E-state index < -0.39 is 18.0 Å². The molecule has 0 unspecified atom stereocenters. The minimum Gasteiger partial charge on any atom is -0.317 e. The predicted molar refractivity (Wildman–Crippen MR) is 194 cm³/mol. The second-order valence-corrected chi connectivity index (χ2v) is 14.0. The molecule has 0 aromatic heterocycles. The molecule has 1 nitrogen and oxygen atoms in total. The Labute approximate surface area is 289 Å². The van der Waals surface area contributed by atoms with Crippen LogP contribution < -0.4 is 5.32 Å². The van der Waals surface area contributed by atoms with Gasteiger partial charge in [-0.2, -0.15) is 17.6 Å². The highest BCUT2D eigenvalue weighted by atomic mass is 35.5. The quantitative estimate of drug-likeness (QED) is 0.0524. The van der Waals surface area contributed by atoms with E-state index in [1.165, 1.54) is 219 Å². The molecule has 1 N–H and O–H groups in total. The molecule has 46 heavy (non-hydrogen) atoms. The number of halogens is 6.